The summed E-state index contributed by atoms with van der Waals surface area (Å²) in [6.07, 6.45) is 0.977. The maximum Gasteiger partial charge on any atom is 0.261 e. The Bertz CT molecular complexity index is 1380. The molecule has 0 fully saturated rings. The fraction of sp³-hybridized carbons (Fsp3) is 0.136. The van der Waals surface area contributed by atoms with Gasteiger partial charge in [-0.25, -0.2) is 16.8 Å². The molecule has 0 aliphatic rings. The van der Waals surface area contributed by atoms with Crippen molar-refractivity contribution in [3.8, 4) is 0 Å². The van der Waals surface area contributed by atoms with Gasteiger partial charge in [-0.1, -0.05) is 35.9 Å². The number of amides is 1. The summed E-state index contributed by atoms with van der Waals surface area (Å²) in [5.41, 5.74) is 1.84. The minimum atomic E-state index is -3.82. The third-order valence-corrected chi connectivity index (χ3v) is 7.37. The SMILES string of the molecule is Cc1cccc(NS(=O)(=O)c2ccc(NC(=O)CN(c3ccccc3Cl)S(C)(=O)=O)cc2)c1. The minimum absolute atomic E-state index is 0.0100. The molecule has 0 unspecified atom stereocenters. The first-order chi connectivity index (χ1) is 15.5. The molecule has 0 aliphatic carbocycles. The molecule has 3 rings (SSSR count). The first-order valence-corrected chi connectivity index (χ1v) is 13.4. The second kappa shape index (κ2) is 9.82. The Morgan fingerprint density at radius 1 is 0.909 bits per heavy atom. The van der Waals surface area contributed by atoms with E-state index in [1.165, 1.54) is 36.4 Å². The summed E-state index contributed by atoms with van der Waals surface area (Å²) in [6.45, 7) is 1.35. The molecule has 1 amide bonds. The van der Waals surface area contributed by atoms with Gasteiger partial charge in [-0.3, -0.25) is 13.8 Å². The number of carbonyl (C=O) groups excluding carboxylic acids is 1. The number of sulfonamides is 2. The smallest absolute Gasteiger partial charge is 0.261 e. The first-order valence-electron chi connectivity index (χ1n) is 9.67. The molecule has 0 saturated heterocycles. The Balaban J connectivity index is 1.72. The second-order valence-electron chi connectivity index (χ2n) is 7.27. The topological polar surface area (TPSA) is 113 Å². The molecular weight excluding hydrogens is 486 g/mol. The Morgan fingerprint density at radius 3 is 2.18 bits per heavy atom. The van der Waals surface area contributed by atoms with Gasteiger partial charge in [0.25, 0.3) is 10.0 Å². The van der Waals surface area contributed by atoms with E-state index in [-0.39, 0.29) is 15.6 Å². The first kappa shape index (κ1) is 24.6. The molecule has 0 bridgehead atoms. The minimum Gasteiger partial charge on any atom is -0.325 e. The number of carbonyl (C=O) groups is 1. The van der Waals surface area contributed by atoms with Gasteiger partial charge in [0.2, 0.25) is 15.9 Å². The number of nitrogens with zero attached hydrogens (tertiary/aromatic N) is 1. The molecule has 0 heterocycles. The molecule has 174 valence electrons. The quantitative estimate of drug-likeness (QED) is 0.481. The van der Waals surface area contributed by atoms with E-state index >= 15 is 0 Å². The highest BCUT2D eigenvalue weighted by atomic mass is 35.5. The number of nitrogens with one attached hydrogen (secondary N) is 2. The number of rotatable bonds is 8. The predicted molar refractivity (Wildman–Crippen MR) is 131 cm³/mol. The molecular formula is C22H22ClN3O5S2. The van der Waals surface area contributed by atoms with Crippen LogP contribution in [0.15, 0.2) is 77.7 Å². The Morgan fingerprint density at radius 2 is 1.58 bits per heavy atom. The van der Waals surface area contributed by atoms with Crippen molar-refractivity contribution in [3.05, 3.63) is 83.4 Å². The lowest BCUT2D eigenvalue weighted by Crippen LogP contribution is -2.37. The van der Waals surface area contributed by atoms with Gasteiger partial charge in [0, 0.05) is 11.4 Å². The Kier molecular flexibility index (Phi) is 7.31. The molecule has 0 aromatic heterocycles. The number of benzene rings is 3. The van der Waals surface area contributed by atoms with E-state index in [9.17, 15) is 21.6 Å². The summed E-state index contributed by atoms with van der Waals surface area (Å²) in [5.74, 6) is -0.617. The molecule has 8 nitrogen and oxygen atoms in total. The van der Waals surface area contributed by atoms with Gasteiger partial charge in [0.05, 0.1) is 21.9 Å². The summed E-state index contributed by atoms with van der Waals surface area (Å²) in [7, 11) is -7.61. The molecule has 0 saturated carbocycles. The van der Waals surface area contributed by atoms with Gasteiger partial charge in [-0.05, 0) is 61.0 Å². The van der Waals surface area contributed by atoms with Crippen molar-refractivity contribution < 1.29 is 21.6 Å². The monoisotopic (exact) mass is 507 g/mol. The number of hydrogen-bond donors (Lipinski definition) is 2. The van der Waals surface area contributed by atoms with E-state index in [0.717, 1.165) is 16.1 Å². The summed E-state index contributed by atoms with van der Waals surface area (Å²) < 4.78 is 53.0. The average Bonchev–Trinajstić information content (AvgIpc) is 2.72. The van der Waals surface area contributed by atoms with Crippen LogP contribution in [-0.4, -0.2) is 35.5 Å². The van der Waals surface area contributed by atoms with Crippen LogP contribution in [0.1, 0.15) is 5.56 Å². The van der Waals surface area contributed by atoms with Gasteiger partial charge < -0.3 is 5.32 Å². The summed E-state index contributed by atoms with van der Waals surface area (Å²) in [5, 5.41) is 2.75. The standard InChI is InChI=1S/C22H22ClN3O5S2/c1-16-6-5-7-18(14-16)25-33(30,31)19-12-10-17(11-13-19)24-22(27)15-26(32(2,28)29)21-9-4-3-8-20(21)23/h3-14,25H,15H2,1-2H3,(H,24,27). The largest absolute Gasteiger partial charge is 0.325 e. The van der Waals surface area contributed by atoms with Crippen LogP contribution in [0.4, 0.5) is 17.1 Å². The van der Waals surface area contributed by atoms with E-state index in [0.29, 0.717) is 11.4 Å². The highest BCUT2D eigenvalue weighted by molar-refractivity contribution is 7.92. The van der Waals surface area contributed by atoms with Crippen molar-refractivity contribution in [2.24, 2.45) is 0 Å². The summed E-state index contributed by atoms with van der Waals surface area (Å²) in [6, 6.07) is 18.8. The van der Waals surface area contributed by atoms with Crippen molar-refractivity contribution >= 4 is 54.6 Å². The van der Waals surface area contributed by atoms with Crippen LogP contribution in [0, 0.1) is 6.92 Å². The van der Waals surface area contributed by atoms with Crippen LogP contribution < -0.4 is 14.3 Å². The molecule has 2 N–H and O–H groups in total. The van der Waals surface area contributed by atoms with Crippen molar-refractivity contribution in [1.29, 1.82) is 0 Å². The van der Waals surface area contributed by atoms with Gasteiger partial charge in [0.1, 0.15) is 6.54 Å². The van der Waals surface area contributed by atoms with E-state index in [1.54, 1.807) is 30.3 Å². The molecule has 11 heteroatoms. The Labute approximate surface area is 198 Å². The van der Waals surface area contributed by atoms with Crippen LogP contribution in [0.2, 0.25) is 5.02 Å². The summed E-state index contributed by atoms with van der Waals surface area (Å²) >= 11 is 6.09. The fourth-order valence-corrected chi connectivity index (χ4v) is 5.21. The lowest BCUT2D eigenvalue weighted by atomic mass is 10.2. The lowest BCUT2D eigenvalue weighted by molar-refractivity contribution is -0.114. The molecule has 0 atom stereocenters. The zero-order valence-corrected chi connectivity index (χ0v) is 20.2. The molecule has 0 aliphatic heterocycles. The van der Waals surface area contributed by atoms with Gasteiger partial charge in [0.15, 0.2) is 0 Å². The lowest BCUT2D eigenvalue weighted by Gasteiger charge is -2.22. The molecule has 0 radical (unpaired) electrons. The predicted octanol–water partition coefficient (Wildman–Crippen LogP) is 3.85. The fourth-order valence-electron chi connectivity index (χ4n) is 3.01. The third kappa shape index (κ3) is 6.47. The normalized spacial score (nSPS) is 11.6. The van der Waals surface area contributed by atoms with Gasteiger partial charge in [-0.2, -0.15) is 0 Å². The average molecular weight is 508 g/mol. The molecule has 0 spiro atoms. The number of aryl methyl sites for hydroxylation is 1. The third-order valence-electron chi connectivity index (χ3n) is 4.53. The zero-order valence-electron chi connectivity index (χ0n) is 17.8. The van der Waals surface area contributed by atoms with E-state index in [2.05, 4.69) is 10.0 Å². The number of anilines is 3. The van der Waals surface area contributed by atoms with Crippen LogP contribution in [0.5, 0.6) is 0 Å². The van der Waals surface area contributed by atoms with Crippen LogP contribution in [-0.2, 0) is 24.8 Å². The van der Waals surface area contributed by atoms with Crippen molar-refractivity contribution in [2.75, 3.05) is 27.1 Å². The summed E-state index contributed by atoms with van der Waals surface area (Å²) in [4.78, 5) is 12.5. The maximum atomic E-state index is 12.6. The number of halogens is 1. The van der Waals surface area contributed by atoms with Gasteiger partial charge >= 0.3 is 0 Å². The van der Waals surface area contributed by atoms with Crippen LogP contribution in [0.25, 0.3) is 0 Å². The zero-order chi connectivity index (χ0) is 24.2. The second-order valence-corrected chi connectivity index (χ2v) is 11.3. The van der Waals surface area contributed by atoms with Crippen molar-refractivity contribution in [2.45, 2.75) is 11.8 Å². The number of para-hydroxylation sites is 1. The van der Waals surface area contributed by atoms with Crippen LogP contribution >= 0.6 is 11.6 Å². The Hall–Kier alpha value is -3.08. The van der Waals surface area contributed by atoms with Crippen LogP contribution in [0.3, 0.4) is 0 Å². The van der Waals surface area contributed by atoms with E-state index in [1.807, 2.05) is 13.0 Å². The van der Waals surface area contributed by atoms with Crippen molar-refractivity contribution in [1.82, 2.24) is 0 Å². The van der Waals surface area contributed by atoms with Crippen molar-refractivity contribution in [3.63, 3.8) is 0 Å². The van der Waals surface area contributed by atoms with E-state index < -0.39 is 32.5 Å². The molecule has 3 aromatic carbocycles. The number of hydrogen-bond acceptors (Lipinski definition) is 5. The maximum absolute atomic E-state index is 12.6. The highest BCUT2D eigenvalue weighted by Gasteiger charge is 2.23. The van der Waals surface area contributed by atoms with E-state index in [4.69, 9.17) is 11.6 Å². The highest BCUT2D eigenvalue weighted by Crippen LogP contribution is 2.27. The molecule has 3 aromatic rings. The molecule has 33 heavy (non-hydrogen) atoms. The van der Waals surface area contributed by atoms with Gasteiger partial charge in [-0.15, -0.1) is 0 Å².